The molecular weight excluding hydrogens is 366 g/mol. The van der Waals surface area contributed by atoms with Crippen molar-refractivity contribution in [1.82, 2.24) is 20.3 Å². The average Bonchev–Trinajstić information content (AvgIpc) is 3.39. The standard InChI is InChI=1S/C17H25N7O2S/c18-15(21-22-16(27)24-5-1-2-6-24)13-11-19-12-14(20-13)23-7-3-17(4-8-23)25-9-10-26-17/h11-12H,1-10H2,(H2,18,21)(H,22,27). The van der Waals surface area contributed by atoms with Crippen molar-refractivity contribution in [1.29, 1.82) is 0 Å². The van der Waals surface area contributed by atoms with E-state index in [0.717, 1.165) is 57.7 Å². The lowest BCUT2D eigenvalue weighted by Gasteiger charge is -2.38. The molecule has 3 saturated heterocycles. The fourth-order valence-electron chi connectivity index (χ4n) is 3.65. The van der Waals surface area contributed by atoms with Gasteiger partial charge in [-0.1, -0.05) is 0 Å². The molecule has 1 aromatic heterocycles. The van der Waals surface area contributed by atoms with E-state index < -0.39 is 5.79 Å². The highest BCUT2D eigenvalue weighted by molar-refractivity contribution is 7.80. The molecule has 0 saturated carbocycles. The number of nitrogens with two attached hydrogens (primary N) is 1. The van der Waals surface area contributed by atoms with Gasteiger partial charge >= 0.3 is 0 Å². The lowest BCUT2D eigenvalue weighted by Crippen LogP contribution is -2.45. The summed E-state index contributed by atoms with van der Waals surface area (Å²) in [5, 5.41) is 4.78. The summed E-state index contributed by atoms with van der Waals surface area (Å²) in [6.07, 6.45) is 7.29. The number of hydrogen-bond donors (Lipinski definition) is 2. The van der Waals surface area contributed by atoms with E-state index in [4.69, 9.17) is 27.4 Å². The predicted octanol–water partition coefficient (Wildman–Crippen LogP) is 0.410. The van der Waals surface area contributed by atoms with Crippen LogP contribution in [0.4, 0.5) is 5.82 Å². The molecule has 1 aromatic rings. The quantitative estimate of drug-likeness (QED) is 0.328. The monoisotopic (exact) mass is 391 g/mol. The Morgan fingerprint density at radius 1 is 1.15 bits per heavy atom. The maximum Gasteiger partial charge on any atom is 0.189 e. The molecule has 3 N–H and O–H groups in total. The number of piperidine rings is 1. The van der Waals surface area contributed by atoms with E-state index in [1.165, 1.54) is 0 Å². The van der Waals surface area contributed by atoms with Crippen LogP contribution in [0.5, 0.6) is 0 Å². The Balaban J connectivity index is 1.38. The van der Waals surface area contributed by atoms with Crippen LogP contribution >= 0.6 is 12.2 Å². The number of likely N-dealkylation sites (tertiary alicyclic amines) is 1. The second kappa shape index (κ2) is 7.91. The molecular formula is C17H25N7O2S. The highest BCUT2D eigenvalue weighted by Crippen LogP contribution is 2.32. The predicted molar refractivity (Wildman–Crippen MR) is 105 cm³/mol. The van der Waals surface area contributed by atoms with Crippen molar-refractivity contribution < 1.29 is 9.47 Å². The normalized spacial score (nSPS) is 22.4. The van der Waals surface area contributed by atoms with Crippen molar-refractivity contribution in [3.05, 3.63) is 18.1 Å². The Labute approximate surface area is 163 Å². The van der Waals surface area contributed by atoms with E-state index in [-0.39, 0.29) is 5.84 Å². The Kier molecular flexibility index (Phi) is 5.37. The van der Waals surface area contributed by atoms with Crippen molar-refractivity contribution >= 4 is 29.0 Å². The van der Waals surface area contributed by atoms with Crippen molar-refractivity contribution in [2.75, 3.05) is 44.3 Å². The molecule has 0 radical (unpaired) electrons. The summed E-state index contributed by atoms with van der Waals surface area (Å²) in [4.78, 5) is 13.1. The maximum atomic E-state index is 6.08. The van der Waals surface area contributed by atoms with Gasteiger partial charge in [0.15, 0.2) is 16.7 Å². The first-order valence-electron chi connectivity index (χ1n) is 9.39. The van der Waals surface area contributed by atoms with E-state index >= 15 is 0 Å². The van der Waals surface area contributed by atoms with E-state index in [1.54, 1.807) is 12.4 Å². The van der Waals surface area contributed by atoms with Crippen LogP contribution in [0, 0.1) is 0 Å². The summed E-state index contributed by atoms with van der Waals surface area (Å²) in [5.41, 5.74) is 9.47. The van der Waals surface area contributed by atoms with Gasteiger partial charge in [-0.25, -0.2) is 4.98 Å². The van der Waals surface area contributed by atoms with Crippen molar-refractivity contribution in [3.63, 3.8) is 0 Å². The van der Waals surface area contributed by atoms with Crippen LogP contribution in [-0.4, -0.2) is 71.0 Å². The minimum Gasteiger partial charge on any atom is -0.380 e. The molecule has 0 atom stereocenters. The smallest absolute Gasteiger partial charge is 0.189 e. The Hall–Kier alpha value is -2.04. The zero-order valence-corrected chi connectivity index (χ0v) is 16.1. The molecule has 4 heterocycles. The van der Waals surface area contributed by atoms with Gasteiger partial charge in [0.05, 0.1) is 25.6 Å². The number of amidine groups is 1. The third kappa shape index (κ3) is 4.12. The van der Waals surface area contributed by atoms with E-state index in [1.807, 2.05) is 0 Å². The Morgan fingerprint density at radius 3 is 2.56 bits per heavy atom. The number of ether oxygens (including phenoxy) is 2. The molecule has 3 aliphatic rings. The van der Waals surface area contributed by atoms with E-state index in [0.29, 0.717) is 24.0 Å². The van der Waals surface area contributed by atoms with Crippen molar-refractivity contribution in [2.24, 2.45) is 10.8 Å². The lowest BCUT2D eigenvalue weighted by molar-refractivity contribution is -0.169. The minimum absolute atomic E-state index is 0.266. The molecule has 3 aliphatic heterocycles. The summed E-state index contributed by atoms with van der Waals surface area (Å²) in [5.74, 6) is 0.638. The molecule has 10 heteroatoms. The summed E-state index contributed by atoms with van der Waals surface area (Å²) >= 11 is 5.34. The Bertz CT molecular complexity index is 707. The molecule has 0 aliphatic carbocycles. The first kappa shape index (κ1) is 18.3. The topological polar surface area (TPSA) is 101 Å². The summed E-state index contributed by atoms with van der Waals surface area (Å²) in [7, 11) is 0. The molecule has 27 heavy (non-hydrogen) atoms. The molecule has 3 fully saturated rings. The van der Waals surface area contributed by atoms with Crippen LogP contribution in [0.3, 0.4) is 0 Å². The summed E-state index contributed by atoms with van der Waals surface area (Å²) in [6.45, 7) is 4.86. The van der Waals surface area contributed by atoms with Gasteiger partial charge in [0.1, 0.15) is 11.5 Å². The zero-order valence-electron chi connectivity index (χ0n) is 15.3. The molecule has 0 aromatic carbocycles. The van der Waals surface area contributed by atoms with E-state index in [9.17, 15) is 0 Å². The second-order valence-corrected chi connectivity index (χ2v) is 7.35. The molecule has 0 unspecified atom stereocenters. The highest BCUT2D eigenvalue weighted by Gasteiger charge is 2.40. The number of aromatic nitrogens is 2. The molecule has 4 rings (SSSR count). The van der Waals surface area contributed by atoms with Crippen LogP contribution in [0.1, 0.15) is 31.4 Å². The van der Waals surface area contributed by atoms with Crippen molar-refractivity contribution in [2.45, 2.75) is 31.5 Å². The van der Waals surface area contributed by atoms with Gasteiger partial charge in [-0.15, -0.1) is 0 Å². The highest BCUT2D eigenvalue weighted by atomic mass is 32.1. The summed E-state index contributed by atoms with van der Waals surface area (Å²) < 4.78 is 11.6. The second-order valence-electron chi connectivity index (χ2n) is 6.97. The number of hydrazone groups is 1. The van der Waals surface area contributed by atoms with E-state index in [2.05, 4.69) is 30.3 Å². The Morgan fingerprint density at radius 2 is 1.85 bits per heavy atom. The molecule has 9 nitrogen and oxygen atoms in total. The largest absolute Gasteiger partial charge is 0.380 e. The lowest BCUT2D eigenvalue weighted by atomic mass is 10.0. The van der Waals surface area contributed by atoms with Crippen LogP contribution in [0.15, 0.2) is 17.5 Å². The first-order valence-corrected chi connectivity index (χ1v) is 9.79. The van der Waals surface area contributed by atoms with Crippen LogP contribution in [0.25, 0.3) is 0 Å². The molecule has 0 bridgehead atoms. The number of hydrogen-bond acceptors (Lipinski definition) is 7. The van der Waals surface area contributed by atoms with Gasteiger partial charge in [0, 0.05) is 39.0 Å². The van der Waals surface area contributed by atoms with Gasteiger partial charge in [0.25, 0.3) is 0 Å². The first-order chi connectivity index (χ1) is 13.2. The molecule has 146 valence electrons. The van der Waals surface area contributed by atoms with Crippen LogP contribution in [0.2, 0.25) is 0 Å². The third-order valence-electron chi connectivity index (χ3n) is 5.21. The summed E-state index contributed by atoms with van der Waals surface area (Å²) in [6, 6.07) is 0. The fourth-order valence-corrected chi connectivity index (χ4v) is 3.88. The third-order valence-corrected chi connectivity index (χ3v) is 5.56. The van der Waals surface area contributed by atoms with Gasteiger partial charge in [-0.05, 0) is 25.1 Å². The SMILES string of the molecule is N/C(=N/NC(=S)N1CCCC1)c1cncc(N2CCC3(CC2)OCCO3)n1. The van der Waals surface area contributed by atoms with Gasteiger partial charge < -0.3 is 25.0 Å². The number of nitrogens with zero attached hydrogens (tertiary/aromatic N) is 5. The van der Waals surface area contributed by atoms with Crippen LogP contribution in [-0.2, 0) is 9.47 Å². The molecule has 0 amide bonds. The van der Waals surface area contributed by atoms with Crippen LogP contribution < -0.4 is 16.1 Å². The average molecular weight is 392 g/mol. The number of rotatable bonds is 3. The van der Waals surface area contributed by atoms with Gasteiger partial charge in [-0.3, -0.25) is 10.4 Å². The number of anilines is 1. The molecule has 1 spiro atoms. The minimum atomic E-state index is -0.406. The van der Waals surface area contributed by atoms with Gasteiger partial charge in [-0.2, -0.15) is 5.10 Å². The number of thiocarbonyl (C=S) groups is 1. The van der Waals surface area contributed by atoms with Crippen molar-refractivity contribution in [3.8, 4) is 0 Å². The zero-order chi connectivity index (χ0) is 18.7. The number of nitrogens with one attached hydrogen (secondary N) is 1. The maximum absolute atomic E-state index is 6.08. The van der Waals surface area contributed by atoms with Gasteiger partial charge in [0.2, 0.25) is 0 Å². The fraction of sp³-hybridized carbons (Fsp3) is 0.647.